The van der Waals surface area contributed by atoms with Crippen molar-refractivity contribution in [2.45, 2.75) is 135 Å². The fraction of sp³-hybridized carbons (Fsp3) is 0.692. The van der Waals surface area contributed by atoms with Crippen LogP contribution in [0.3, 0.4) is 0 Å². The van der Waals surface area contributed by atoms with Gasteiger partial charge < -0.3 is 19.2 Å². The third kappa shape index (κ3) is 7.64. The molecule has 8 nitrogen and oxygen atoms in total. The smallest absolute Gasteiger partial charge is 0.409 e. The van der Waals surface area contributed by atoms with Gasteiger partial charge in [-0.05, 0) is 104 Å². The molecule has 0 bridgehead atoms. The van der Waals surface area contributed by atoms with E-state index in [9.17, 15) is 9.90 Å². The molecule has 5 rings (SSSR count). The van der Waals surface area contributed by atoms with Crippen molar-refractivity contribution in [1.82, 2.24) is 14.8 Å². The molecule has 1 aromatic heterocycles. The lowest BCUT2D eigenvalue weighted by atomic mass is 9.63. The number of fused-ring (bicyclic) bond motifs is 1. The summed E-state index contributed by atoms with van der Waals surface area (Å²) in [5.74, 6) is 1.05. The van der Waals surface area contributed by atoms with Crippen LogP contribution < -0.4 is 4.90 Å². The second kappa shape index (κ2) is 14.4. The highest BCUT2D eigenvalue weighted by atomic mass is 28.4. The van der Waals surface area contributed by atoms with Crippen molar-refractivity contribution in [2.24, 2.45) is 0 Å². The zero-order valence-electron chi connectivity index (χ0n) is 31.3. The van der Waals surface area contributed by atoms with Crippen molar-refractivity contribution in [2.75, 3.05) is 44.2 Å². The van der Waals surface area contributed by atoms with E-state index in [2.05, 4.69) is 94.7 Å². The predicted octanol–water partition coefficient (Wildman–Crippen LogP) is 8.51. The summed E-state index contributed by atoms with van der Waals surface area (Å²) in [6.07, 6.45) is 3.14. The topological polar surface area (TPSA) is 78.4 Å². The first-order valence-corrected chi connectivity index (χ1v) is 21.1. The first kappa shape index (κ1) is 36.8. The van der Waals surface area contributed by atoms with Crippen LogP contribution in [0, 0.1) is 0 Å². The van der Waals surface area contributed by atoms with Crippen LogP contribution >= 0.6 is 0 Å². The molecule has 9 heteroatoms. The Morgan fingerprint density at radius 3 is 2.23 bits per heavy atom. The fourth-order valence-corrected chi connectivity index (χ4v) is 11.3. The van der Waals surface area contributed by atoms with Crippen LogP contribution in [-0.2, 0) is 20.0 Å². The number of ether oxygens (including phenoxy) is 1. The molecule has 3 aliphatic rings. The molecular formula is C39H62N4O4Si. The maximum Gasteiger partial charge on any atom is 0.409 e. The van der Waals surface area contributed by atoms with Gasteiger partial charge in [0, 0.05) is 31.7 Å². The number of rotatable bonds is 12. The molecule has 0 spiro atoms. The zero-order chi connectivity index (χ0) is 34.9. The van der Waals surface area contributed by atoms with Crippen LogP contribution in [0.15, 0.2) is 36.4 Å². The highest BCUT2D eigenvalue weighted by molar-refractivity contribution is 6.73. The van der Waals surface area contributed by atoms with Crippen molar-refractivity contribution in [3.05, 3.63) is 47.5 Å². The molecule has 0 radical (unpaired) electrons. The van der Waals surface area contributed by atoms with Gasteiger partial charge in [-0.3, -0.25) is 9.80 Å². The number of carbonyl (C=O) groups is 1. The number of carboxylic acid groups (broad SMARTS) is 1. The van der Waals surface area contributed by atoms with E-state index in [1.807, 2.05) is 13.8 Å². The molecule has 1 N–H and O–H groups in total. The molecule has 2 atom stereocenters. The maximum atomic E-state index is 12.4. The van der Waals surface area contributed by atoms with Gasteiger partial charge in [0.2, 0.25) is 0 Å². The Balaban J connectivity index is 1.21. The minimum absolute atomic E-state index is 0.150. The highest BCUT2D eigenvalue weighted by Crippen LogP contribution is 2.46. The second-order valence-corrected chi connectivity index (χ2v) is 21.0. The van der Waals surface area contributed by atoms with Crippen molar-refractivity contribution in [3.63, 3.8) is 0 Å². The van der Waals surface area contributed by atoms with E-state index in [0.29, 0.717) is 6.61 Å². The average molecular weight is 679 g/mol. The van der Waals surface area contributed by atoms with Crippen LogP contribution in [0.1, 0.15) is 99.1 Å². The summed E-state index contributed by atoms with van der Waals surface area (Å²) in [5.41, 5.74) is 4.73. The fourth-order valence-electron chi connectivity index (χ4n) is 8.35. The van der Waals surface area contributed by atoms with E-state index >= 15 is 0 Å². The maximum absolute atomic E-state index is 12.4. The molecular weight excluding hydrogens is 617 g/mol. The second-order valence-electron chi connectivity index (χ2n) is 16.3. The molecule has 2 fully saturated rings. The van der Waals surface area contributed by atoms with Gasteiger partial charge in [-0.25, -0.2) is 9.78 Å². The Bertz CT molecular complexity index is 1410. The lowest BCUT2D eigenvalue weighted by Gasteiger charge is -2.42. The summed E-state index contributed by atoms with van der Waals surface area (Å²) in [6, 6.07) is 16.3. The first-order chi connectivity index (χ1) is 22.6. The number of benzene rings is 1. The minimum Gasteiger partial charge on any atom is -0.465 e. The van der Waals surface area contributed by atoms with Crippen molar-refractivity contribution in [3.8, 4) is 11.3 Å². The highest BCUT2D eigenvalue weighted by Gasteiger charge is 2.49. The third-order valence-corrected chi connectivity index (χ3v) is 16.7. The molecule has 48 heavy (non-hydrogen) atoms. The summed E-state index contributed by atoms with van der Waals surface area (Å²) in [5, 5.41) is 10.1. The van der Waals surface area contributed by atoms with E-state index in [4.69, 9.17) is 14.1 Å². The van der Waals surface area contributed by atoms with Gasteiger partial charge in [0.25, 0.3) is 0 Å². The van der Waals surface area contributed by atoms with E-state index in [1.54, 1.807) is 0 Å². The number of nitrogens with zero attached hydrogens (tertiary/aromatic N) is 4. The molecule has 0 saturated carbocycles. The van der Waals surface area contributed by atoms with E-state index in [0.717, 1.165) is 75.2 Å². The number of piperazine rings is 1. The van der Waals surface area contributed by atoms with Gasteiger partial charge in [-0.2, -0.15) is 0 Å². The largest absolute Gasteiger partial charge is 0.465 e. The molecule has 1 amide bonds. The average Bonchev–Trinajstić information content (AvgIpc) is 3.40. The van der Waals surface area contributed by atoms with Crippen LogP contribution in [0.2, 0.25) is 18.1 Å². The minimum atomic E-state index is -1.95. The SMILES string of the molecule is CC[Si](CC)(CC)O[C@H](CCCN1CCN(c2cccc(-c3ccc4c(c3)C(C)(C)CCC4(C)C)n2)CC1)[C@@H]1COC(C)(C)N1C(=O)O. The summed E-state index contributed by atoms with van der Waals surface area (Å²) in [6.45, 7) is 25.1. The quantitative estimate of drug-likeness (QED) is 0.226. The number of aromatic nitrogens is 1. The Labute approximate surface area is 291 Å². The molecule has 0 unspecified atom stereocenters. The molecule has 2 saturated heterocycles. The summed E-state index contributed by atoms with van der Waals surface area (Å²) in [7, 11) is -1.95. The molecule has 1 aliphatic carbocycles. The van der Waals surface area contributed by atoms with Crippen LogP contribution in [0.5, 0.6) is 0 Å². The molecule has 1 aromatic carbocycles. The lowest BCUT2D eigenvalue weighted by molar-refractivity contribution is -0.0463. The van der Waals surface area contributed by atoms with E-state index in [1.165, 1.54) is 34.4 Å². The monoisotopic (exact) mass is 678 g/mol. The Hall–Kier alpha value is -2.46. The Kier molecular flexibility index (Phi) is 11.1. The van der Waals surface area contributed by atoms with Crippen molar-refractivity contribution < 1.29 is 19.1 Å². The number of hydrogen-bond acceptors (Lipinski definition) is 6. The summed E-state index contributed by atoms with van der Waals surface area (Å²) >= 11 is 0. The predicted molar refractivity (Wildman–Crippen MR) is 199 cm³/mol. The molecule has 3 heterocycles. The number of amides is 1. The van der Waals surface area contributed by atoms with Gasteiger partial charge >= 0.3 is 6.09 Å². The van der Waals surface area contributed by atoms with Gasteiger partial charge in [-0.15, -0.1) is 0 Å². The van der Waals surface area contributed by atoms with Gasteiger partial charge in [0.1, 0.15) is 11.5 Å². The van der Waals surface area contributed by atoms with Gasteiger partial charge in [0.05, 0.1) is 24.4 Å². The summed E-state index contributed by atoms with van der Waals surface area (Å²) in [4.78, 5) is 24.0. The zero-order valence-corrected chi connectivity index (χ0v) is 32.3. The lowest BCUT2D eigenvalue weighted by Crippen LogP contribution is -2.54. The number of hydrogen-bond donors (Lipinski definition) is 1. The molecule has 2 aromatic rings. The van der Waals surface area contributed by atoms with E-state index in [-0.39, 0.29) is 23.0 Å². The molecule has 266 valence electrons. The van der Waals surface area contributed by atoms with Crippen molar-refractivity contribution in [1.29, 1.82) is 0 Å². The summed E-state index contributed by atoms with van der Waals surface area (Å²) < 4.78 is 13.0. The molecule has 2 aliphatic heterocycles. The van der Waals surface area contributed by atoms with E-state index < -0.39 is 20.1 Å². The normalized spacial score (nSPS) is 22.8. The first-order valence-electron chi connectivity index (χ1n) is 18.6. The van der Waals surface area contributed by atoms with Crippen LogP contribution in [-0.4, -0.2) is 91.5 Å². The van der Waals surface area contributed by atoms with Crippen LogP contribution in [0.4, 0.5) is 10.6 Å². The standard InChI is InChI=1S/C39H62N4O4Si/c1-10-48(11-2,12-3)47-34(33-28-46-39(8,9)43(33)36(44)45)16-14-22-41-23-25-42(26-24-41)35-17-13-15-32(40-35)29-18-19-30-31(27-29)38(6,7)21-20-37(30,4)5/h13,15,17-19,27,33-34H,10-12,14,16,20-26,28H2,1-9H3,(H,44,45)/t33-,34+/m0/s1. The van der Waals surface area contributed by atoms with Gasteiger partial charge in [-0.1, -0.05) is 66.7 Å². The number of anilines is 1. The van der Waals surface area contributed by atoms with Crippen molar-refractivity contribution >= 4 is 20.2 Å². The Morgan fingerprint density at radius 1 is 0.958 bits per heavy atom. The van der Waals surface area contributed by atoms with Crippen LogP contribution in [0.25, 0.3) is 11.3 Å². The third-order valence-electron chi connectivity index (χ3n) is 12.0. The van der Waals surface area contributed by atoms with Gasteiger partial charge in [0.15, 0.2) is 8.32 Å². The Morgan fingerprint density at radius 2 is 1.60 bits per heavy atom. The number of pyridine rings is 1.